The van der Waals surface area contributed by atoms with E-state index in [-0.39, 0.29) is 56.2 Å². The number of benzene rings is 1. The van der Waals surface area contributed by atoms with E-state index in [1.165, 1.54) is 0 Å². The Labute approximate surface area is 237 Å². The van der Waals surface area contributed by atoms with Gasteiger partial charge in [-0.1, -0.05) is 13.8 Å². The molecule has 40 heavy (non-hydrogen) atoms. The molecule has 2 N–H and O–H groups in total. The van der Waals surface area contributed by atoms with Crippen molar-refractivity contribution >= 4 is 35.2 Å². The Bertz CT molecular complexity index is 1560. The fourth-order valence-corrected chi connectivity index (χ4v) is 5.92. The van der Waals surface area contributed by atoms with Crippen molar-refractivity contribution in [3.05, 3.63) is 56.9 Å². The van der Waals surface area contributed by atoms with Gasteiger partial charge in [-0.25, -0.2) is 9.78 Å². The van der Waals surface area contributed by atoms with Crippen molar-refractivity contribution in [3.63, 3.8) is 0 Å². The van der Waals surface area contributed by atoms with Crippen molar-refractivity contribution in [2.45, 2.75) is 64.3 Å². The zero-order chi connectivity index (χ0) is 27.3. The molecule has 0 aliphatic carbocycles. The number of halogens is 1. The van der Waals surface area contributed by atoms with Crippen LogP contribution in [0, 0.1) is 0 Å². The van der Waals surface area contributed by atoms with E-state index in [9.17, 15) is 19.5 Å². The number of pyridine rings is 2. The lowest BCUT2D eigenvalue weighted by Crippen LogP contribution is -2.44. The van der Waals surface area contributed by atoms with Crippen LogP contribution in [0.3, 0.4) is 0 Å². The molecule has 0 bridgehead atoms. The number of aromatic nitrogens is 2. The van der Waals surface area contributed by atoms with E-state index in [1.807, 2.05) is 18.2 Å². The van der Waals surface area contributed by atoms with Crippen LogP contribution in [0.15, 0.2) is 29.1 Å². The molecule has 11 heteroatoms. The molecule has 1 fully saturated rings. The molecule has 6 rings (SSSR count). The van der Waals surface area contributed by atoms with E-state index in [0.717, 1.165) is 41.4 Å². The second kappa shape index (κ2) is 10.8. The number of ether oxygens (including phenoxy) is 3. The first-order chi connectivity index (χ1) is 18.9. The first-order valence-electron chi connectivity index (χ1n) is 13.5. The zero-order valence-corrected chi connectivity index (χ0v) is 23.3. The summed E-state index contributed by atoms with van der Waals surface area (Å²) in [6.07, 6.45) is 2.58. The smallest absolute Gasteiger partial charge is 0.343 e. The molecule has 3 aromatic rings. The van der Waals surface area contributed by atoms with Gasteiger partial charge >= 0.3 is 11.9 Å². The Morgan fingerprint density at radius 3 is 2.77 bits per heavy atom. The number of hydrogen-bond acceptors (Lipinski definition) is 9. The zero-order valence-electron chi connectivity index (χ0n) is 22.5. The van der Waals surface area contributed by atoms with Gasteiger partial charge in [-0.3, -0.25) is 9.59 Å². The molecular formula is C29H32ClN3O7. The van der Waals surface area contributed by atoms with E-state index < -0.39 is 11.6 Å². The van der Waals surface area contributed by atoms with Gasteiger partial charge in [0.05, 0.1) is 29.0 Å². The fraction of sp³-hybridized carbons (Fsp3) is 0.448. The van der Waals surface area contributed by atoms with Crippen molar-refractivity contribution in [3.8, 4) is 17.1 Å². The molecule has 0 unspecified atom stereocenters. The third-order valence-electron chi connectivity index (χ3n) is 8.07. The minimum absolute atomic E-state index is 0. The molecule has 212 valence electrons. The number of hydrogen-bond donors (Lipinski definition) is 2. The highest BCUT2D eigenvalue weighted by Crippen LogP contribution is 2.40. The molecule has 10 nitrogen and oxygen atoms in total. The average Bonchev–Trinajstić information content (AvgIpc) is 3.61. The highest BCUT2D eigenvalue weighted by atomic mass is 35.5. The van der Waals surface area contributed by atoms with Crippen molar-refractivity contribution < 1.29 is 28.9 Å². The highest BCUT2D eigenvalue weighted by Gasteiger charge is 2.45. The quantitative estimate of drug-likeness (QED) is 0.255. The molecule has 0 saturated carbocycles. The van der Waals surface area contributed by atoms with Crippen molar-refractivity contribution in [1.29, 1.82) is 0 Å². The van der Waals surface area contributed by atoms with Gasteiger partial charge in [0, 0.05) is 16.5 Å². The standard InChI is InChI=1S/C29H31N3O7.ClH/c1-3-17-18-12-16(37-10-11-38-27(34)23-6-5-9-30-23)7-8-22(18)31-25-19(17)14-32-24(25)13-21-20(26(32)33)15-39-28(35)29(21,36)4-2;/h7-8,12-13,23,30,36H,3-6,9-11,14-15H2,1-2H3;1H/t23-,29+;/m1./s1. The van der Waals surface area contributed by atoms with E-state index in [4.69, 9.17) is 19.2 Å². The van der Waals surface area contributed by atoms with E-state index >= 15 is 0 Å². The maximum Gasteiger partial charge on any atom is 0.343 e. The maximum atomic E-state index is 13.5. The summed E-state index contributed by atoms with van der Waals surface area (Å²) in [5.74, 6) is -0.341. The van der Waals surface area contributed by atoms with Gasteiger partial charge in [0.2, 0.25) is 0 Å². The van der Waals surface area contributed by atoms with Gasteiger partial charge in [-0.2, -0.15) is 0 Å². The third-order valence-corrected chi connectivity index (χ3v) is 8.07. The minimum atomic E-state index is -1.86. The van der Waals surface area contributed by atoms with Crippen LogP contribution in [0.4, 0.5) is 0 Å². The van der Waals surface area contributed by atoms with E-state index in [2.05, 4.69) is 12.2 Å². The summed E-state index contributed by atoms with van der Waals surface area (Å²) in [6, 6.07) is 7.13. The SMILES string of the molecule is CCc1c2c(nc3ccc(OCCOC(=O)[C@H]4CCCN4)cc13)-c1cc3c(c(=O)n1C2)COC(=O)[C@]3(O)CC.Cl. The number of aryl methyl sites for hydroxylation is 1. The monoisotopic (exact) mass is 569 g/mol. The lowest BCUT2D eigenvalue weighted by molar-refractivity contribution is -0.172. The van der Waals surface area contributed by atoms with Gasteiger partial charge in [0.1, 0.15) is 31.6 Å². The maximum absolute atomic E-state index is 13.5. The van der Waals surface area contributed by atoms with Crippen LogP contribution in [0.1, 0.15) is 55.4 Å². The Morgan fingerprint density at radius 2 is 2.05 bits per heavy atom. The summed E-state index contributed by atoms with van der Waals surface area (Å²) >= 11 is 0. The number of nitrogens with one attached hydrogen (secondary N) is 1. The summed E-state index contributed by atoms with van der Waals surface area (Å²) in [5, 5.41) is 15.1. The molecule has 2 atom stereocenters. The number of esters is 2. The number of carbonyl (C=O) groups excluding carboxylic acids is 2. The lowest BCUT2D eigenvalue weighted by Gasteiger charge is -2.31. The predicted molar refractivity (Wildman–Crippen MR) is 149 cm³/mol. The number of fused-ring (bicyclic) bond motifs is 5. The van der Waals surface area contributed by atoms with Crippen LogP contribution in [0.5, 0.6) is 5.75 Å². The molecule has 0 amide bonds. The second-order valence-electron chi connectivity index (χ2n) is 10.2. The number of aliphatic hydroxyl groups is 1. The summed E-state index contributed by atoms with van der Waals surface area (Å²) < 4.78 is 18.0. The van der Waals surface area contributed by atoms with Gasteiger partial charge in [0.25, 0.3) is 5.56 Å². The van der Waals surface area contributed by atoms with Crippen molar-refractivity contribution in [2.24, 2.45) is 0 Å². The van der Waals surface area contributed by atoms with Gasteiger partial charge < -0.3 is 29.2 Å². The summed E-state index contributed by atoms with van der Waals surface area (Å²) in [4.78, 5) is 42.9. The summed E-state index contributed by atoms with van der Waals surface area (Å²) in [7, 11) is 0. The first-order valence-corrected chi connectivity index (χ1v) is 13.5. The Balaban J connectivity index is 0.00000323. The summed E-state index contributed by atoms with van der Waals surface area (Å²) in [6.45, 7) is 5.16. The molecule has 3 aliphatic heterocycles. The van der Waals surface area contributed by atoms with Crippen molar-refractivity contribution in [2.75, 3.05) is 19.8 Å². The van der Waals surface area contributed by atoms with Gasteiger partial charge in [-0.15, -0.1) is 12.4 Å². The number of rotatable bonds is 7. The third kappa shape index (κ3) is 4.44. The van der Waals surface area contributed by atoms with Gasteiger partial charge in [-0.05, 0) is 62.1 Å². The Morgan fingerprint density at radius 1 is 1.23 bits per heavy atom. The Kier molecular flexibility index (Phi) is 7.60. The number of cyclic esters (lactones) is 1. The normalized spacial score (nSPS) is 20.8. The first kappa shape index (κ1) is 28.1. The second-order valence-corrected chi connectivity index (χ2v) is 10.2. The largest absolute Gasteiger partial charge is 0.490 e. The lowest BCUT2D eigenvalue weighted by atomic mass is 9.86. The topological polar surface area (TPSA) is 129 Å². The van der Waals surface area contributed by atoms with E-state index in [1.54, 1.807) is 17.6 Å². The molecule has 5 heterocycles. The molecule has 0 spiro atoms. The van der Waals surface area contributed by atoms with E-state index in [0.29, 0.717) is 41.2 Å². The summed E-state index contributed by atoms with van der Waals surface area (Å²) in [5.41, 5.74) is 2.48. The highest BCUT2D eigenvalue weighted by molar-refractivity contribution is 5.90. The van der Waals surface area contributed by atoms with Crippen LogP contribution in [-0.4, -0.2) is 52.4 Å². The van der Waals surface area contributed by atoms with Crippen LogP contribution in [0.25, 0.3) is 22.3 Å². The molecule has 1 aromatic carbocycles. The molecule has 1 saturated heterocycles. The molecule has 0 radical (unpaired) electrons. The molecule has 2 aromatic heterocycles. The van der Waals surface area contributed by atoms with Crippen LogP contribution >= 0.6 is 12.4 Å². The number of carbonyl (C=O) groups is 2. The van der Waals surface area contributed by atoms with Crippen molar-refractivity contribution in [1.82, 2.24) is 14.9 Å². The molecular weight excluding hydrogens is 538 g/mol. The Hall–Kier alpha value is -3.47. The van der Waals surface area contributed by atoms with Crippen LogP contribution in [0.2, 0.25) is 0 Å². The van der Waals surface area contributed by atoms with Crippen LogP contribution < -0.4 is 15.6 Å². The van der Waals surface area contributed by atoms with Crippen LogP contribution in [-0.2, 0) is 44.2 Å². The van der Waals surface area contributed by atoms with Gasteiger partial charge in [0.15, 0.2) is 5.60 Å². The predicted octanol–water partition coefficient (Wildman–Crippen LogP) is 2.74. The molecule has 3 aliphatic rings. The number of nitrogens with zero attached hydrogens (tertiary/aromatic N) is 2. The minimum Gasteiger partial charge on any atom is -0.490 e. The fourth-order valence-electron chi connectivity index (χ4n) is 5.92. The average molecular weight is 570 g/mol.